The van der Waals surface area contributed by atoms with Gasteiger partial charge in [-0.3, -0.25) is 0 Å². The summed E-state index contributed by atoms with van der Waals surface area (Å²) in [5.41, 5.74) is 2.84. The van der Waals surface area contributed by atoms with Gasteiger partial charge in [-0.1, -0.05) is 35.9 Å². The summed E-state index contributed by atoms with van der Waals surface area (Å²) in [5, 5.41) is 0. The highest BCUT2D eigenvalue weighted by molar-refractivity contribution is 8.13. The Morgan fingerprint density at radius 2 is 1.58 bits per heavy atom. The van der Waals surface area contributed by atoms with Crippen molar-refractivity contribution in [3.05, 3.63) is 48.0 Å². The maximum Gasteiger partial charge on any atom is 0.265 e. The van der Waals surface area contributed by atoms with E-state index in [9.17, 15) is 8.42 Å². The first-order chi connectivity index (χ1) is 8.91. The molecular formula is C14H13ClO3S. The zero-order valence-electron chi connectivity index (χ0n) is 10.6. The summed E-state index contributed by atoms with van der Waals surface area (Å²) in [6.07, 6.45) is 0. The van der Waals surface area contributed by atoms with E-state index in [0.717, 1.165) is 16.7 Å². The second-order valence-electron chi connectivity index (χ2n) is 4.17. The van der Waals surface area contributed by atoms with E-state index in [2.05, 4.69) is 0 Å². The molecule has 0 bridgehead atoms. The monoisotopic (exact) mass is 296 g/mol. The molecule has 3 nitrogen and oxygen atoms in total. The third-order valence-electron chi connectivity index (χ3n) is 2.81. The van der Waals surface area contributed by atoms with Crippen molar-refractivity contribution in [3.8, 4) is 16.9 Å². The number of rotatable bonds is 3. The van der Waals surface area contributed by atoms with E-state index in [-0.39, 0.29) is 10.6 Å². The summed E-state index contributed by atoms with van der Waals surface area (Å²) in [6, 6.07) is 12.7. The lowest BCUT2D eigenvalue weighted by molar-refractivity contribution is 0.403. The Kier molecular flexibility index (Phi) is 3.83. The van der Waals surface area contributed by atoms with Gasteiger partial charge in [-0.15, -0.1) is 0 Å². The molecule has 0 radical (unpaired) electrons. The van der Waals surface area contributed by atoms with Crippen LogP contribution in [0.3, 0.4) is 0 Å². The van der Waals surface area contributed by atoms with Gasteiger partial charge in [-0.25, -0.2) is 8.42 Å². The van der Waals surface area contributed by atoms with Gasteiger partial charge in [0.25, 0.3) is 9.05 Å². The smallest absolute Gasteiger partial charge is 0.265 e. The quantitative estimate of drug-likeness (QED) is 0.813. The SMILES string of the molecule is COc1ccc(-c2ccc(C)cc2)cc1S(=O)(=O)Cl. The highest BCUT2D eigenvalue weighted by Crippen LogP contribution is 2.31. The van der Waals surface area contributed by atoms with Gasteiger partial charge in [0.1, 0.15) is 10.6 Å². The number of halogens is 1. The van der Waals surface area contributed by atoms with E-state index in [4.69, 9.17) is 15.4 Å². The lowest BCUT2D eigenvalue weighted by Gasteiger charge is -2.08. The molecule has 0 saturated heterocycles. The van der Waals surface area contributed by atoms with Crippen molar-refractivity contribution in [2.45, 2.75) is 11.8 Å². The highest BCUT2D eigenvalue weighted by atomic mass is 35.7. The number of hydrogen-bond acceptors (Lipinski definition) is 3. The normalized spacial score (nSPS) is 11.3. The molecule has 0 unspecified atom stereocenters. The molecule has 2 rings (SSSR count). The second kappa shape index (κ2) is 5.23. The van der Waals surface area contributed by atoms with Crippen LogP contribution in [0.15, 0.2) is 47.4 Å². The third kappa shape index (κ3) is 3.08. The first-order valence-electron chi connectivity index (χ1n) is 5.61. The number of benzene rings is 2. The molecule has 0 aliphatic carbocycles. The zero-order chi connectivity index (χ0) is 14.0. The van der Waals surface area contributed by atoms with Crippen LogP contribution < -0.4 is 4.74 Å². The summed E-state index contributed by atoms with van der Waals surface area (Å²) in [7, 11) is 2.99. The molecule has 0 amide bonds. The van der Waals surface area contributed by atoms with E-state index >= 15 is 0 Å². The van der Waals surface area contributed by atoms with E-state index in [1.165, 1.54) is 13.2 Å². The van der Waals surface area contributed by atoms with Gasteiger partial charge in [0, 0.05) is 10.7 Å². The molecule has 0 saturated carbocycles. The molecule has 19 heavy (non-hydrogen) atoms. The van der Waals surface area contributed by atoms with Gasteiger partial charge in [0.15, 0.2) is 0 Å². The number of methoxy groups -OCH3 is 1. The van der Waals surface area contributed by atoms with E-state index < -0.39 is 9.05 Å². The molecule has 0 aliphatic heterocycles. The number of hydrogen-bond donors (Lipinski definition) is 0. The van der Waals surface area contributed by atoms with Crippen LogP contribution >= 0.6 is 10.7 Å². The number of aryl methyl sites for hydroxylation is 1. The first-order valence-corrected chi connectivity index (χ1v) is 7.92. The van der Waals surface area contributed by atoms with Crippen molar-refractivity contribution in [2.24, 2.45) is 0 Å². The predicted molar refractivity (Wildman–Crippen MR) is 76.2 cm³/mol. The van der Waals surface area contributed by atoms with Crippen molar-refractivity contribution in [1.82, 2.24) is 0 Å². The maximum atomic E-state index is 11.5. The van der Waals surface area contributed by atoms with Gasteiger partial charge < -0.3 is 4.74 Å². The third-order valence-corrected chi connectivity index (χ3v) is 4.15. The van der Waals surface area contributed by atoms with Crippen LogP contribution in [0.1, 0.15) is 5.56 Å². The van der Waals surface area contributed by atoms with Crippen LogP contribution in [0, 0.1) is 6.92 Å². The molecule has 2 aromatic carbocycles. The molecule has 2 aromatic rings. The first kappa shape index (κ1) is 13.9. The number of ether oxygens (including phenoxy) is 1. The average molecular weight is 297 g/mol. The van der Waals surface area contributed by atoms with E-state index in [1.54, 1.807) is 12.1 Å². The maximum absolute atomic E-state index is 11.5. The van der Waals surface area contributed by atoms with Crippen LogP contribution in [-0.4, -0.2) is 15.5 Å². The Hall–Kier alpha value is -1.52. The van der Waals surface area contributed by atoms with Crippen molar-refractivity contribution in [1.29, 1.82) is 0 Å². The standard InChI is InChI=1S/C14H13ClO3S/c1-10-3-5-11(6-4-10)12-7-8-13(18-2)14(9-12)19(15,16)17/h3-9H,1-2H3. The molecular weight excluding hydrogens is 284 g/mol. The van der Waals surface area contributed by atoms with Gasteiger partial charge in [-0.2, -0.15) is 0 Å². The topological polar surface area (TPSA) is 43.4 Å². The lowest BCUT2D eigenvalue weighted by atomic mass is 10.0. The Labute approximate surface area is 117 Å². The highest BCUT2D eigenvalue weighted by Gasteiger charge is 2.17. The minimum Gasteiger partial charge on any atom is -0.495 e. The minimum absolute atomic E-state index is 0.0188. The summed E-state index contributed by atoms with van der Waals surface area (Å²) in [5.74, 6) is 0.242. The molecule has 0 fully saturated rings. The van der Waals surface area contributed by atoms with Crippen molar-refractivity contribution < 1.29 is 13.2 Å². The van der Waals surface area contributed by atoms with Crippen LogP contribution in [0.25, 0.3) is 11.1 Å². The van der Waals surface area contributed by atoms with Crippen LogP contribution in [-0.2, 0) is 9.05 Å². The fraction of sp³-hybridized carbons (Fsp3) is 0.143. The minimum atomic E-state index is -3.84. The van der Waals surface area contributed by atoms with Crippen LogP contribution in [0.4, 0.5) is 0 Å². The Bertz CT molecular complexity index is 691. The summed E-state index contributed by atoms with van der Waals surface area (Å²) in [6.45, 7) is 1.99. The molecule has 5 heteroatoms. The molecule has 0 aromatic heterocycles. The average Bonchev–Trinajstić information content (AvgIpc) is 2.38. The predicted octanol–water partition coefficient (Wildman–Crippen LogP) is 3.60. The van der Waals surface area contributed by atoms with Crippen molar-refractivity contribution in [3.63, 3.8) is 0 Å². The Morgan fingerprint density at radius 1 is 1.00 bits per heavy atom. The van der Waals surface area contributed by atoms with Gasteiger partial charge in [0.2, 0.25) is 0 Å². The van der Waals surface area contributed by atoms with Gasteiger partial charge >= 0.3 is 0 Å². The van der Waals surface area contributed by atoms with Crippen molar-refractivity contribution >= 4 is 19.7 Å². The van der Waals surface area contributed by atoms with Gasteiger partial charge in [-0.05, 0) is 30.2 Å². The summed E-state index contributed by atoms with van der Waals surface area (Å²) < 4.78 is 28.1. The Balaban J connectivity index is 2.58. The summed E-state index contributed by atoms with van der Waals surface area (Å²) >= 11 is 0. The van der Waals surface area contributed by atoms with Gasteiger partial charge in [0.05, 0.1) is 7.11 Å². The molecule has 0 heterocycles. The van der Waals surface area contributed by atoms with Crippen LogP contribution in [0.2, 0.25) is 0 Å². The van der Waals surface area contributed by atoms with E-state index in [0.29, 0.717) is 0 Å². The molecule has 0 N–H and O–H groups in total. The lowest BCUT2D eigenvalue weighted by Crippen LogP contribution is -1.96. The zero-order valence-corrected chi connectivity index (χ0v) is 12.1. The Morgan fingerprint density at radius 3 is 2.11 bits per heavy atom. The largest absolute Gasteiger partial charge is 0.495 e. The van der Waals surface area contributed by atoms with E-state index in [1.807, 2.05) is 31.2 Å². The molecule has 0 spiro atoms. The fourth-order valence-electron chi connectivity index (χ4n) is 1.79. The summed E-state index contributed by atoms with van der Waals surface area (Å²) in [4.78, 5) is -0.0188. The van der Waals surface area contributed by atoms with Crippen LogP contribution in [0.5, 0.6) is 5.75 Å². The second-order valence-corrected chi connectivity index (χ2v) is 6.70. The van der Waals surface area contributed by atoms with Crippen molar-refractivity contribution in [2.75, 3.05) is 7.11 Å². The molecule has 0 aliphatic rings. The fourth-order valence-corrected chi connectivity index (χ4v) is 2.81. The molecule has 0 atom stereocenters. The molecule has 100 valence electrons.